The van der Waals surface area contributed by atoms with Gasteiger partial charge in [0.15, 0.2) is 5.78 Å². The Kier molecular flexibility index (Phi) is 4.49. The van der Waals surface area contributed by atoms with Crippen molar-refractivity contribution in [3.8, 4) is 0 Å². The first-order valence-electron chi connectivity index (χ1n) is 7.38. The van der Waals surface area contributed by atoms with E-state index in [1.165, 1.54) is 48.5 Å². The second-order valence-corrected chi connectivity index (χ2v) is 5.42. The minimum absolute atomic E-state index is 0.261. The topological polar surface area (TPSA) is 37.3 Å². The highest BCUT2D eigenvalue weighted by Gasteiger charge is 2.14. The summed E-state index contributed by atoms with van der Waals surface area (Å²) in [6.07, 6.45) is -0.966. The number of ketones is 1. The standard InChI is InChI=1S/C20H14F2O2/c21-17-8-4-13(5-9-17)19(23)15-2-1-3-16(12-15)20(24)14-6-10-18(22)11-7-14/h1-12,19,23H. The zero-order valence-electron chi connectivity index (χ0n) is 12.6. The fourth-order valence-electron chi connectivity index (χ4n) is 2.46. The summed E-state index contributed by atoms with van der Waals surface area (Å²) in [5.74, 6) is -1.05. The summed E-state index contributed by atoms with van der Waals surface area (Å²) in [4.78, 5) is 12.5. The molecular weight excluding hydrogens is 310 g/mol. The van der Waals surface area contributed by atoms with Crippen LogP contribution in [0.3, 0.4) is 0 Å². The molecule has 0 aliphatic rings. The van der Waals surface area contributed by atoms with E-state index in [1.807, 2.05) is 0 Å². The van der Waals surface area contributed by atoms with Crippen molar-refractivity contribution < 1.29 is 18.7 Å². The molecule has 120 valence electrons. The number of aliphatic hydroxyl groups excluding tert-OH is 1. The summed E-state index contributed by atoms with van der Waals surface area (Å²) in [5.41, 5.74) is 1.81. The number of benzene rings is 3. The molecule has 0 fully saturated rings. The lowest BCUT2D eigenvalue weighted by Crippen LogP contribution is -2.05. The van der Waals surface area contributed by atoms with Crippen molar-refractivity contribution in [1.29, 1.82) is 0 Å². The maximum atomic E-state index is 13.0. The van der Waals surface area contributed by atoms with Gasteiger partial charge in [-0.15, -0.1) is 0 Å². The van der Waals surface area contributed by atoms with Crippen LogP contribution >= 0.6 is 0 Å². The van der Waals surface area contributed by atoms with Crippen LogP contribution in [0.25, 0.3) is 0 Å². The van der Waals surface area contributed by atoms with Crippen molar-refractivity contribution in [3.05, 3.63) is 107 Å². The van der Waals surface area contributed by atoms with Gasteiger partial charge in [-0.05, 0) is 53.6 Å². The molecule has 0 radical (unpaired) electrons. The van der Waals surface area contributed by atoms with Gasteiger partial charge in [0, 0.05) is 11.1 Å². The number of aliphatic hydroxyl groups is 1. The molecule has 3 aromatic carbocycles. The Morgan fingerprint density at radius 3 is 1.96 bits per heavy atom. The smallest absolute Gasteiger partial charge is 0.193 e. The fraction of sp³-hybridized carbons (Fsp3) is 0.0500. The van der Waals surface area contributed by atoms with E-state index in [2.05, 4.69) is 0 Å². The highest BCUT2D eigenvalue weighted by atomic mass is 19.1. The van der Waals surface area contributed by atoms with E-state index in [0.717, 1.165) is 0 Å². The van der Waals surface area contributed by atoms with Crippen LogP contribution in [0, 0.1) is 11.6 Å². The Bertz CT molecular complexity index is 856. The molecule has 0 heterocycles. The summed E-state index contributed by atoms with van der Waals surface area (Å²) in [6.45, 7) is 0. The molecule has 0 aliphatic carbocycles. The van der Waals surface area contributed by atoms with E-state index in [0.29, 0.717) is 22.3 Å². The van der Waals surface area contributed by atoms with E-state index in [1.54, 1.807) is 24.3 Å². The molecule has 0 bridgehead atoms. The molecule has 24 heavy (non-hydrogen) atoms. The zero-order valence-corrected chi connectivity index (χ0v) is 12.6. The van der Waals surface area contributed by atoms with Gasteiger partial charge >= 0.3 is 0 Å². The van der Waals surface area contributed by atoms with E-state index in [4.69, 9.17) is 0 Å². The minimum Gasteiger partial charge on any atom is -0.384 e. The first kappa shape index (κ1) is 16.0. The molecule has 0 aromatic heterocycles. The molecule has 2 nitrogen and oxygen atoms in total. The molecule has 1 unspecified atom stereocenters. The molecule has 0 aliphatic heterocycles. The number of hydrogen-bond acceptors (Lipinski definition) is 2. The molecule has 0 saturated heterocycles. The van der Waals surface area contributed by atoms with Crippen molar-refractivity contribution in [2.45, 2.75) is 6.10 Å². The molecule has 3 aromatic rings. The largest absolute Gasteiger partial charge is 0.384 e. The number of carbonyl (C=O) groups excluding carboxylic acids is 1. The third-order valence-electron chi connectivity index (χ3n) is 3.76. The Balaban J connectivity index is 1.89. The normalized spacial score (nSPS) is 12.0. The molecule has 0 amide bonds. The van der Waals surface area contributed by atoms with Crippen LogP contribution in [0.1, 0.15) is 33.2 Å². The van der Waals surface area contributed by atoms with Gasteiger partial charge < -0.3 is 5.11 Å². The second kappa shape index (κ2) is 6.72. The molecule has 1 atom stereocenters. The summed E-state index contributed by atoms with van der Waals surface area (Å²) in [6, 6.07) is 17.4. The zero-order chi connectivity index (χ0) is 17.1. The quantitative estimate of drug-likeness (QED) is 0.728. The van der Waals surface area contributed by atoms with Gasteiger partial charge in [0.25, 0.3) is 0 Å². The van der Waals surface area contributed by atoms with Crippen LogP contribution in [-0.4, -0.2) is 10.9 Å². The molecular formula is C20H14F2O2. The van der Waals surface area contributed by atoms with Crippen molar-refractivity contribution in [1.82, 2.24) is 0 Å². The van der Waals surface area contributed by atoms with E-state index >= 15 is 0 Å². The molecule has 3 rings (SSSR count). The molecule has 1 N–H and O–H groups in total. The molecule has 0 spiro atoms. The van der Waals surface area contributed by atoms with Crippen LogP contribution in [0.15, 0.2) is 72.8 Å². The Morgan fingerprint density at radius 1 is 0.750 bits per heavy atom. The number of carbonyl (C=O) groups is 1. The molecule has 4 heteroatoms. The lowest BCUT2D eigenvalue weighted by Gasteiger charge is -2.12. The Morgan fingerprint density at radius 2 is 1.33 bits per heavy atom. The van der Waals surface area contributed by atoms with Crippen LogP contribution in [-0.2, 0) is 0 Å². The third-order valence-corrected chi connectivity index (χ3v) is 3.76. The van der Waals surface area contributed by atoms with Crippen LogP contribution < -0.4 is 0 Å². The van der Waals surface area contributed by atoms with Gasteiger partial charge in [-0.25, -0.2) is 8.78 Å². The predicted octanol–water partition coefficient (Wildman–Crippen LogP) is 4.28. The average molecular weight is 324 g/mol. The van der Waals surface area contributed by atoms with Gasteiger partial charge in [-0.3, -0.25) is 4.79 Å². The van der Waals surface area contributed by atoms with Gasteiger partial charge in [-0.1, -0.05) is 30.3 Å². The SMILES string of the molecule is O=C(c1ccc(F)cc1)c1cccc(C(O)c2ccc(F)cc2)c1. The Labute approximate surface area is 138 Å². The van der Waals surface area contributed by atoms with E-state index in [-0.39, 0.29) is 11.6 Å². The van der Waals surface area contributed by atoms with Gasteiger partial charge in [0.1, 0.15) is 17.7 Å². The third kappa shape index (κ3) is 3.39. The van der Waals surface area contributed by atoms with Gasteiger partial charge in [0.05, 0.1) is 0 Å². The van der Waals surface area contributed by atoms with E-state index in [9.17, 15) is 18.7 Å². The lowest BCUT2D eigenvalue weighted by atomic mass is 9.96. The van der Waals surface area contributed by atoms with Crippen molar-refractivity contribution in [3.63, 3.8) is 0 Å². The Hall–Kier alpha value is -2.85. The summed E-state index contributed by atoms with van der Waals surface area (Å²) in [7, 11) is 0. The number of rotatable bonds is 4. The van der Waals surface area contributed by atoms with Crippen LogP contribution in [0.5, 0.6) is 0 Å². The first-order chi connectivity index (χ1) is 11.5. The average Bonchev–Trinajstić information content (AvgIpc) is 2.62. The second-order valence-electron chi connectivity index (χ2n) is 5.42. The summed E-state index contributed by atoms with van der Waals surface area (Å²) < 4.78 is 26.0. The highest BCUT2D eigenvalue weighted by molar-refractivity contribution is 6.09. The fourth-order valence-corrected chi connectivity index (χ4v) is 2.46. The lowest BCUT2D eigenvalue weighted by molar-refractivity contribution is 0.103. The van der Waals surface area contributed by atoms with Crippen molar-refractivity contribution >= 4 is 5.78 Å². The van der Waals surface area contributed by atoms with Crippen molar-refractivity contribution in [2.75, 3.05) is 0 Å². The number of halogens is 2. The maximum Gasteiger partial charge on any atom is 0.193 e. The minimum atomic E-state index is -0.966. The van der Waals surface area contributed by atoms with Crippen LogP contribution in [0.4, 0.5) is 8.78 Å². The van der Waals surface area contributed by atoms with E-state index < -0.39 is 11.9 Å². The number of hydrogen-bond donors (Lipinski definition) is 1. The summed E-state index contributed by atoms with van der Waals surface area (Å²) in [5, 5.41) is 10.4. The first-order valence-corrected chi connectivity index (χ1v) is 7.38. The van der Waals surface area contributed by atoms with Crippen molar-refractivity contribution in [2.24, 2.45) is 0 Å². The monoisotopic (exact) mass is 324 g/mol. The van der Waals surface area contributed by atoms with Gasteiger partial charge in [0.2, 0.25) is 0 Å². The highest BCUT2D eigenvalue weighted by Crippen LogP contribution is 2.24. The van der Waals surface area contributed by atoms with Gasteiger partial charge in [-0.2, -0.15) is 0 Å². The molecule has 0 saturated carbocycles. The predicted molar refractivity (Wildman–Crippen MR) is 86.7 cm³/mol. The summed E-state index contributed by atoms with van der Waals surface area (Å²) >= 11 is 0. The maximum absolute atomic E-state index is 13.0. The van der Waals surface area contributed by atoms with Crippen LogP contribution in [0.2, 0.25) is 0 Å².